The second-order valence-corrected chi connectivity index (χ2v) is 6.50. The van der Waals surface area contributed by atoms with Crippen molar-refractivity contribution in [3.63, 3.8) is 0 Å². The minimum Gasteiger partial charge on any atom is -0.464 e. The zero-order chi connectivity index (χ0) is 17.4. The summed E-state index contributed by atoms with van der Waals surface area (Å²) in [6.07, 6.45) is 4.93. The molecular formula is C19H20N4O2. The van der Waals surface area contributed by atoms with Crippen LogP contribution < -0.4 is 5.32 Å². The monoisotopic (exact) mass is 336 g/mol. The molecule has 0 saturated carbocycles. The van der Waals surface area contributed by atoms with Crippen LogP contribution in [0.1, 0.15) is 35.2 Å². The number of imidazole rings is 1. The highest BCUT2D eigenvalue weighted by molar-refractivity contribution is 5.87. The van der Waals surface area contributed by atoms with Crippen molar-refractivity contribution in [2.24, 2.45) is 0 Å². The van der Waals surface area contributed by atoms with Gasteiger partial charge in [-0.15, -0.1) is 0 Å². The number of pyridine rings is 1. The summed E-state index contributed by atoms with van der Waals surface area (Å²) in [6, 6.07) is 7.82. The number of benzene rings is 1. The maximum absolute atomic E-state index is 11.2. The molecule has 0 aliphatic heterocycles. The topological polar surface area (TPSA) is 80.0 Å². The van der Waals surface area contributed by atoms with E-state index in [0.717, 1.165) is 34.4 Å². The van der Waals surface area contributed by atoms with Crippen molar-refractivity contribution < 1.29 is 9.90 Å². The smallest absolute Gasteiger partial charge is 0.417 e. The minimum absolute atomic E-state index is 0.556. The molecule has 0 amide bonds. The highest BCUT2D eigenvalue weighted by atomic mass is 16.4. The standard InChI is InChI=1S/C19H20N4O2/c1-12-9-13-5-2-3-7-15(13)22-18(12)20-10-14-6-4-8-16-17(14)21-11-23(16)19(24)25/h4,6,8-9,11H,2-3,5,7,10H2,1H3,(H,20,22)(H,24,25). The number of anilines is 1. The molecule has 1 aromatic carbocycles. The summed E-state index contributed by atoms with van der Waals surface area (Å²) in [5, 5.41) is 12.6. The number of carbonyl (C=O) groups is 1. The molecule has 2 heterocycles. The summed E-state index contributed by atoms with van der Waals surface area (Å²) in [6.45, 7) is 2.63. The maximum atomic E-state index is 11.2. The Balaban J connectivity index is 1.62. The van der Waals surface area contributed by atoms with Crippen LogP contribution in [0.2, 0.25) is 0 Å². The molecule has 4 rings (SSSR count). The third-order valence-corrected chi connectivity index (χ3v) is 4.80. The van der Waals surface area contributed by atoms with E-state index in [4.69, 9.17) is 4.98 Å². The van der Waals surface area contributed by atoms with E-state index < -0.39 is 6.09 Å². The first kappa shape index (κ1) is 15.6. The molecule has 2 aromatic heterocycles. The van der Waals surface area contributed by atoms with Crippen molar-refractivity contribution in [2.75, 3.05) is 5.32 Å². The molecule has 1 aliphatic rings. The van der Waals surface area contributed by atoms with E-state index in [1.54, 1.807) is 6.07 Å². The number of hydrogen-bond donors (Lipinski definition) is 2. The molecule has 6 heteroatoms. The fraction of sp³-hybridized carbons (Fsp3) is 0.316. The Morgan fingerprint density at radius 1 is 1.32 bits per heavy atom. The largest absolute Gasteiger partial charge is 0.464 e. The molecule has 2 N–H and O–H groups in total. The van der Waals surface area contributed by atoms with Gasteiger partial charge in [-0.05, 0) is 55.4 Å². The molecular weight excluding hydrogens is 316 g/mol. The lowest BCUT2D eigenvalue weighted by Crippen LogP contribution is -2.10. The van der Waals surface area contributed by atoms with Gasteiger partial charge in [0.1, 0.15) is 12.1 Å². The van der Waals surface area contributed by atoms with Crippen molar-refractivity contribution in [2.45, 2.75) is 39.2 Å². The van der Waals surface area contributed by atoms with Gasteiger partial charge in [-0.3, -0.25) is 0 Å². The summed E-state index contributed by atoms with van der Waals surface area (Å²) in [7, 11) is 0. The van der Waals surface area contributed by atoms with Gasteiger partial charge in [0.05, 0.1) is 11.0 Å². The number of nitrogens with one attached hydrogen (secondary N) is 1. The quantitative estimate of drug-likeness (QED) is 0.761. The average Bonchev–Trinajstić information content (AvgIpc) is 3.05. The highest BCUT2D eigenvalue weighted by Gasteiger charge is 2.14. The predicted molar refractivity (Wildman–Crippen MR) is 96.1 cm³/mol. The van der Waals surface area contributed by atoms with Gasteiger partial charge in [-0.1, -0.05) is 18.2 Å². The molecule has 0 saturated heterocycles. The third kappa shape index (κ3) is 2.84. The summed E-state index contributed by atoms with van der Waals surface area (Å²) in [5.74, 6) is 0.898. The Bertz CT molecular complexity index is 961. The zero-order valence-corrected chi connectivity index (χ0v) is 14.1. The number of hydrogen-bond acceptors (Lipinski definition) is 4. The molecule has 128 valence electrons. The van der Waals surface area contributed by atoms with Gasteiger partial charge in [-0.2, -0.15) is 0 Å². The fourth-order valence-corrected chi connectivity index (χ4v) is 3.50. The molecule has 0 fully saturated rings. The van der Waals surface area contributed by atoms with Crippen LogP contribution in [0.15, 0.2) is 30.6 Å². The van der Waals surface area contributed by atoms with Crippen LogP contribution >= 0.6 is 0 Å². The maximum Gasteiger partial charge on any atom is 0.417 e. The normalized spacial score (nSPS) is 13.6. The molecule has 0 unspecified atom stereocenters. The van der Waals surface area contributed by atoms with Crippen LogP contribution in [0, 0.1) is 6.92 Å². The summed E-state index contributed by atoms with van der Waals surface area (Å²) < 4.78 is 1.14. The van der Waals surface area contributed by atoms with Gasteiger partial charge in [0, 0.05) is 12.2 Å². The van der Waals surface area contributed by atoms with Crippen LogP contribution in [0.3, 0.4) is 0 Å². The van der Waals surface area contributed by atoms with Gasteiger partial charge < -0.3 is 10.4 Å². The van der Waals surface area contributed by atoms with E-state index in [9.17, 15) is 9.90 Å². The van der Waals surface area contributed by atoms with E-state index >= 15 is 0 Å². The summed E-state index contributed by atoms with van der Waals surface area (Å²) in [5.41, 5.74) is 5.97. The van der Waals surface area contributed by atoms with E-state index in [1.165, 1.54) is 30.4 Å². The van der Waals surface area contributed by atoms with Crippen LogP contribution in [-0.2, 0) is 19.4 Å². The first-order valence-electron chi connectivity index (χ1n) is 8.55. The fourth-order valence-electron chi connectivity index (χ4n) is 3.50. The van der Waals surface area contributed by atoms with Crippen LogP contribution in [0.25, 0.3) is 11.0 Å². The van der Waals surface area contributed by atoms with Gasteiger partial charge >= 0.3 is 6.09 Å². The lowest BCUT2D eigenvalue weighted by Gasteiger charge is -2.18. The Hall–Kier alpha value is -2.89. The lowest BCUT2D eigenvalue weighted by atomic mass is 9.95. The zero-order valence-electron chi connectivity index (χ0n) is 14.1. The van der Waals surface area contributed by atoms with Gasteiger partial charge in [-0.25, -0.2) is 19.3 Å². The predicted octanol–water partition coefficient (Wildman–Crippen LogP) is 3.76. The van der Waals surface area contributed by atoms with E-state index in [0.29, 0.717) is 17.6 Å². The van der Waals surface area contributed by atoms with Crippen LogP contribution in [0.4, 0.5) is 10.6 Å². The average molecular weight is 336 g/mol. The molecule has 0 atom stereocenters. The molecule has 25 heavy (non-hydrogen) atoms. The molecule has 0 spiro atoms. The summed E-state index contributed by atoms with van der Waals surface area (Å²) in [4.78, 5) is 20.3. The second-order valence-electron chi connectivity index (χ2n) is 6.50. The first-order chi connectivity index (χ1) is 12.1. The number of nitrogens with zero attached hydrogens (tertiary/aromatic N) is 3. The number of fused-ring (bicyclic) bond motifs is 2. The lowest BCUT2D eigenvalue weighted by molar-refractivity contribution is 0.197. The molecule has 1 aliphatic carbocycles. The van der Waals surface area contributed by atoms with Crippen molar-refractivity contribution in [1.82, 2.24) is 14.5 Å². The van der Waals surface area contributed by atoms with Gasteiger partial charge in [0.15, 0.2) is 0 Å². The molecule has 0 radical (unpaired) electrons. The number of carboxylic acid groups (broad SMARTS) is 1. The van der Waals surface area contributed by atoms with Crippen molar-refractivity contribution in [3.05, 3.63) is 53.0 Å². The SMILES string of the molecule is Cc1cc2c(nc1NCc1cccc3c1ncn3C(=O)O)CCCC2. The summed E-state index contributed by atoms with van der Waals surface area (Å²) >= 11 is 0. The number of rotatable bonds is 3. The van der Waals surface area contributed by atoms with E-state index in [1.807, 2.05) is 12.1 Å². The molecule has 0 bridgehead atoms. The third-order valence-electron chi connectivity index (χ3n) is 4.80. The minimum atomic E-state index is -1.03. The molecule has 6 nitrogen and oxygen atoms in total. The van der Waals surface area contributed by atoms with Gasteiger partial charge in [0.25, 0.3) is 0 Å². The highest BCUT2D eigenvalue weighted by Crippen LogP contribution is 2.25. The van der Waals surface area contributed by atoms with Crippen LogP contribution in [-0.4, -0.2) is 25.7 Å². The van der Waals surface area contributed by atoms with Crippen molar-refractivity contribution in [1.29, 1.82) is 0 Å². The number of para-hydroxylation sites is 1. The molecule has 3 aromatic rings. The van der Waals surface area contributed by atoms with Crippen LogP contribution in [0.5, 0.6) is 0 Å². The van der Waals surface area contributed by atoms with E-state index in [2.05, 4.69) is 23.3 Å². The number of aryl methyl sites for hydroxylation is 3. The Morgan fingerprint density at radius 3 is 3.00 bits per heavy atom. The first-order valence-corrected chi connectivity index (χ1v) is 8.55. The van der Waals surface area contributed by atoms with Gasteiger partial charge in [0.2, 0.25) is 0 Å². The van der Waals surface area contributed by atoms with Crippen molar-refractivity contribution >= 4 is 22.9 Å². The van der Waals surface area contributed by atoms with Crippen molar-refractivity contribution in [3.8, 4) is 0 Å². The Morgan fingerprint density at radius 2 is 2.16 bits per heavy atom. The van der Waals surface area contributed by atoms with E-state index in [-0.39, 0.29) is 0 Å². The Labute approximate surface area is 145 Å². The number of aromatic nitrogens is 3. The second kappa shape index (κ2) is 6.20. The Kier molecular flexibility index (Phi) is 3.87.